The molecule has 9 heteroatoms. The number of ether oxygens (including phenoxy) is 3. The highest BCUT2D eigenvalue weighted by atomic mass is 19.1. The van der Waals surface area contributed by atoms with Crippen molar-refractivity contribution in [2.45, 2.75) is 71.6 Å². The van der Waals surface area contributed by atoms with Gasteiger partial charge in [-0.2, -0.15) is 0 Å². The molecule has 3 rings (SSSR count). The summed E-state index contributed by atoms with van der Waals surface area (Å²) in [6.45, 7) is 11.1. The van der Waals surface area contributed by atoms with Crippen LogP contribution in [0.15, 0.2) is 66.7 Å². The number of nitrogens with one attached hydrogen (secondary N) is 2. The summed E-state index contributed by atoms with van der Waals surface area (Å²) >= 11 is 0. The van der Waals surface area contributed by atoms with E-state index in [0.717, 1.165) is 0 Å². The zero-order chi connectivity index (χ0) is 30.9. The van der Waals surface area contributed by atoms with E-state index in [-0.39, 0.29) is 18.2 Å². The highest BCUT2D eigenvalue weighted by molar-refractivity contribution is 5.75. The smallest absolute Gasteiger partial charge is 0.407 e. The van der Waals surface area contributed by atoms with Crippen molar-refractivity contribution in [3.63, 3.8) is 0 Å². The quantitative estimate of drug-likeness (QED) is 0.238. The second-order valence-electron chi connectivity index (χ2n) is 12.0. The third-order valence-corrected chi connectivity index (χ3v) is 5.79. The molecular weight excluding hydrogens is 542 g/mol. The molecule has 42 heavy (non-hydrogen) atoms. The maximum Gasteiger partial charge on any atom is 0.407 e. The van der Waals surface area contributed by atoms with Crippen LogP contribution in [0.3, 0.4) is 0 Å². The molecule has 1 atom stereocenters. The lowest BCUT2D eigenvalue weighted by molar-refractivity contribution is 0.0473. The number of hydrogen-bond acceptors (Lipinski definition) is 5. The lowest BCUT2D eigenvalue weighted by atomic mass is 9.98. The molecule has 0 aromatic heterocycles. The van der Waals surface area contributed by atoms with Gasteiger partial charge in [-0.15, -0.1) is 0 Å². The van der Waals surface area contributed by atoms with Gasteiger partial charge in [0.05, 0.1) is 6.04 Å². The zero-order valence-electron chi connectivity index (χ0n) is 25.1. The van der Waals surface area contributed by atoms with Gasteiger partial charge in [-0.3, -0.25) is 0 Å². The number of hydrogen-bond donors (Lipinski definition) is 2. The van der Waals surface area contributed by atoms with E-state index in [4.69, 9.17) is 14.2 Å². The van der Waals surface area contributed by atoms with Crippen molar-refractivity contribution < 1.29 is 32.6 Å². The van der Waals surface area contributed by atoms with E-state index in [1.54, 1.807) is 77.9 Å². The second-order valence-corrected chi connectivity index (χ2v) is 12.0. The number of halogens is 2. The van der Waals surface area contributed by atoms with Gasteiger partial charge in [-0.1, -0.05) is 24.3 Å². The van der Waals surface area contributed by atoms with E-state index >= 15 is 0 Å². The number of rotatable bonds is 10. The fraction of sp³-hybridized carbons (Fsp3) is 0.394. The summed E-state index contributed by atoms with van der Waals surface area (Å²) < 4.78 is 44.9. The number of benzene rings is 3. The number of amides is 2. The molecule has 0 fully saturated rings. The van der Waals surface area contributed by atoms with Gasteiger partial charge in [0.1, 0.15) is 35.2 Å². The Balaban J connectivity index is 1.79. The summed E-state index contributed by atoms with van der Waals surface area (Å²) in [5.74, 6) is -0.306. The molecule has 0 saturated heterocycles. The van der Waals surface area contributed by atoms with Crippen LogP contribution in [0, 0.1) is 11.6 Å². The van der Waals surface area contributed by atoms with Gasteiger partial charge in [0.2, 0.25) is 0 Å². The van der Waals surface area contributed by atoms with Crippen molar-refractivity contribution in [3.05, 3.63) is 78.4 Å². The minimum absolute atomic E-state index is 0.0842. The van der Waals surface area contributed by atoms with Gasteiger partial charge < -0.3 is 24.8 Å². The Morgan fingerprint density at radius 3 is 1.76 bits per heavy atom. The molecule has 0 heterocycles. The minimum Gasteiger partial charge on any atom is -0.491 e. The molecule has 0 bridgehead atoms. The third kappa shape index (κ3) is 11.4. The number of alkyl carbamates (subject to hydrolysis) is 2. The Morgan fingerprint density at radius 1 is 0.738 bits per heavy atom. The normalized spacial score (nSPS) is 12.3. The Kier molecular flexibility index (Phi) is 10.9. The van der Waals surface area contributed by atoms with Gasteiger partial charge >= 0.3 is 12.2 Å². The molecule has 0 spiro atoms. The lowest BCUT2D eigenvalue weighted by Gasteiger charge is -2.24. The molecule has 3 aromatic rings. The topological polar surface area (TPSA) is 85.9 Å². The third-order valence-electron chi connectivity index (χ3n) is 5.79. The monoisotopic (exact) mass is 582 g/mol. The molecule has 2 amide bonds. The molecule has 0 radical (unpaired) electrons. The van der Waals surface area contributed by atoms with Crippen LogP contribution in [0.25, 0.3) is 22.3 Å². The molecule has 7 nitrogen and oxygen atoms in total. The van der Waals surface area contributed by atoms with Gasteiger partial charge in [0.25, 0.3) is 0 Å². The first kappa shape index (κ1) is 32.4. The Morgan fingerprint density at radius 2 is 1.26 bits per heavy atom. The summed E-state index contributed by atoms with van der Waals surface area (Å²) in [6, 6.07) is 17.3. The van der Waals surface area contributed by atoms with Crippen molar-refractivity contribution >= 4 is 12.2 Å². The Labute approximate surface area is 246 Å². The molecule has 2 N–H and O–H groups in total. The van der Waals surface area contributed by atoms with Crippen molar-refractivity contribution in [3.8, 4) is 28.0 Å². The van der Waals surface area contributed by atoms with Crippen LogP contribution >= 0.6 is 0 Å². The Bertz CT molecular complexity index is 1300. The summed E-state index contributed by atoms with van der Waals surface area (Å²) in [6.07, 6.45) is -0.115. The van der Waals surface area contributed by atoms with Crippen LogP contribution in [0.2, 0.25) is 0 Å². The average molecular weight is 583 g/mol. The van der Waals surface area contributed by atoms with E-state index in [1.165, 1.54) is 24.3 Å². The van der Waals surface area contributed by atoms with Gasteiger partial charge in [0, 0.05) is 6.54 Å². The molecule has 3 aromatic carbocycles. The predicted molar refractivity (Wildman–Crippen MR) is 159 cm³/mol. The summed E-state index contributed by atoms with van der Waals surface area (Å²) in [4.78, 5) is 24.6. The fourth-order valence-electron chi connectivity index (χ4n) is 4.07. The van der Waals surface area contributed by atoms with E-state index in [0.29, 0.717) is 47.4 Å². The first-order chi connectivity index (χ1) is 19.7. The first-order valence-electron chi connectivity index (χ1n) is 13.9. The summed E-state index contributed by atoms with van der Waals surface area (Å²) in [5.41, 5.74) is 1.34. The number of carbonyl (C=O) groups excluding carboxylic acids is 2. The van der Waals surface area contributed by atoms with Gasteiger partial charge in [0.15, 0.2) is 0 Å². The minimum atomic E-state index is -0.688. The molecule has 0 aliphatic carbocycles. The highest BCUT2D eigenvalue weighted by Crippen LogP contribution is 2.32. The molecule has 0 saturated carbocycles. The van der Waals surface area contributed by atoms with E-state index in [1.807, 2.05) is 6.07 Å². The molecule has 0 unspecified atom stereocenters. The highest BCUT2D eigenvalue weighted by Gasteiger charge is 2.21. The van der Waals surface area contributed by atoms with Gasteiger partial charge in [-0.05, 0) is 119 Å². The summed E-state index contributed by atoms with van der Waals surface area (Å²) in [5, 5.41) is 5.56. The average Bonchev–Trinajstić information content (AvgIpc) is 2.87. The van der Waals surface area contributed by atoms with Crippen LogP contribution in [0.5, 0.6) is 5.75 Å². The molecule has 0 aliphatic heterocycles. The van der Waals surface area contributed by atoms with Crippen molar-refractivity contribution in [1.82, 2.24) is 10.6 Å². The second kappa shape index (κ2) is 14.2. The molecular formula is C33H40F2N2O5. The maximum atomic E-state index is 14.0. The first-order valence-corrected chi connectivity index (χ1v) is 13.9. The van der Waals surface area contributed by atoms with Crippen LogP contribution in [0.4, 0.5) is 18.4 Å². The van der Waals surface area contributed by atoms with E-state index in [2.05, 4.69) is 10.6 Å². The SMILES string of the molecule is CC(C)(C)OC(=O)NCCC[C@H](COc1cc(-c2cccc(F)c2)cc(-c2cccc(F)c2)c1)NC(=O)OC(C)(C)C. The molecule has 226 valence electrons. The van der Waals surface area contributed by atoms with Crippen LogP contribution in [-0.2, 0) is 9.47 Å². The number of carbonyl (C=O) groups is 2. The van der Waals surface area contributed by atoms with Crippen LogP contribution in [0.1, 0.15) is 54.4 Å². The van der Waals surface area contributed by atoms with E-state index in [9.17, 15) is 18.4 Å². The van der Waals surface area contributed by atoms with Crippen molar-refractivity contribution in [2.24, 2.45) is 0 Å². The standard InChI is InChI=1S/C33H40F2N2O5/c1-32(2,3)41-30(38)36-15-9-14-28(37-31(39)42-33(4,5)6)21-40-29-19-24(22-10-7-12-26(34)17-22)16-25(20-29)23-11-8-13-27(35)18-23/h7-8,10-13,16-20,28H,9,14-15,21H2,1-6H3,(H,36,38)(H,37,39)/t28-/m1/s1. The zero-order valence-corrected chi connectivity index (χ0v) is 25.1. The largest absolute Gasteiger partial charge is 0.491 e. The van der Waals surface area contributed by atoms with Crippen molar-refractivity contribution in [2.75, 3.05) is 13.2 Å². The predicted octanol–water partition coefficient (Wildman–Crippen LogP) is 7.88. The van der Waals surface area contributed by atoms with Crippen LogP contribution < -0.4 is 15.4 Å². The molecule has 0 aliphatic rings. The summed E-state index contributed by atoms with van der Waals surface area (Å²) in [7, 11) is 0. The lowest BCUT2D eigenvalue weighted by Crippen LogP contribution is -2.42. The maximum absolute atomic E-state index is 14.0. The van der Waals surface area contributed by atoms with Crippen molar-refractivity contribution in [1.29, 1.82) is 0 Å². The Hall–Kier alpha value is -4.14. The van der Waals surface area contributed by atoms with Crippen LogP contribution in [-0.4, -0.2) is 42.6 Å². The fourth-order valence-corrected chi connectivity index (χ4v) is 4.07. The van der Waals surface area contributed by atoms with Gasteiger partial charge in [-0.25, -0.2) is 18.4 Å². The van der Waals surface area contributed by atoms with E-state index < -0.39 is 29.4 Å².